The highest BCUT2D eigenvalue weighted by Gasteiger charge is 2.40. The molecule has 0 saturated heterocycles. The molecule has 1 aromatic heterocycles. The van der Waals surface area contributed by atoms with Gasteiger partial charge in [0.1, 0.15) is 17.3 Å². The summed E-state index contributed by atoms with van der Waals surface area (Å²) in [7, 11) is 0. The molecule has 0 N–H and O–H groups in total. The molecular formula is C29H19Cl3F3N3O3. The number of rotatable bonds is 8. The number of alkyl halides is 3. The highest BCUT2D eigenvalue weighted by atomic mass is 35.5. The van der Waals surface area contributed by atoms with Crippen LogP contribution >= 0.6 is 34.8 Å². The fourth-order valence-electron chi connectivity index (χ4n) is 3.90. The van der Waals surface area contributed by atoms with Crippen molar-refractivity contribution in [3.05, 3.63) is 104 Å². The van der Waals surface area contributed by atoms with Crippen LogP contribution in [0.2, 0.25) is 15.1 Å². The molecule has 3 aromatic carbocycles. The zero-order valence-corrected chi connectivity index (χ0v) is 23.5. The van der Waals surface area contributed by atoms with Crippen molar-refractivity contribution in [1.29, 1.82) is 5.26 Å². The van der Waals surface area contributed by atoms with Gasteiger partial charge in [0.05, 0.1) is 28.8 Å². The fraction of sp³-hybridized carbons (Fsp3) is 0.138. The van der Waals surface area contributed by atoms with Gasteiger partial charge < -0.3 is 13.9 Å². The van der Waals surface area contributed by atoms with Crippen LogP contribution in [0, 0.1) is 18.3 Å². The van der Waals surface area contributed by atoms with E-state index in [0.29, 0.717) is 43.3 Å². The maximum atomic E-state index is 13.9. The van der Waals surface area contributed by atoms with E-state index in [1.54, 1.807) is 25.1 Å². The number of halogens is 6. The molecule has 0 aliphatic rings. The van der Waals surface area contributed by atoms with Crippen molar-refractivity contribution >= 4 is 47.4 Å². The highest BCUT2D eigenvalue weighted by molar-refractivity contribution is 6.32. The molecule has 0 aliphatic heterocycles. The van der Waals surface area contributed by atoms with E-state index in [0.717, 1.165) is 5.56 Å². The average molecular weight is 621 g/mol. The summed E-state index contributed by atoms with van der Waals surface area (Å²) in [5.74, 6) is -1.11. The predicted octanol–water partition coefficient (Wildman–Crippen LogP) is 9.52. The van der Waals surface area contributed by atoms with Gasteiger partial charge in [-0.05, 0) is 72.6 Å². The Balaban J connectivity index is 1.57. The van der Waals surface area contributed by atoms with Crippen LogP contribution in [0.4, 0.5) is 13.2 Å². The Labute approximate surface area is 248 Å². The molecule has 0 radical (unpaired) electrons. The molecule has 0 spiro atoms. The number of nitriles is 1. The summed E-state index contributed by atoms with van der Waals surface area (Å²) in [6.07, 6.45) is -4.59. The van der Waals surface area contributed by atoms with Gasteiger partial charge in [-0.3, -0.25) is 0 Å². The summed E-state index contributed by atoms with van der Waals surface area (Å²) in [6.45, 7) is 4.94. The Bertz CT molecular complexity index is 1660. The third kappa shape index (κ3) is 7.22. The highest BCUT2D eigenvalue weighted by Crippen LogP contribution is 2.39. The van der Waals surface area contributed by atoms with Crippen LogP contribution in [0.5, 0.6) is 11.5 Å². The number of hydrogen-bond donors (Lipinski definition) is 0. The van der Waals surface area contributed by atoms with E-state index in [1.807, 2.05) is 6.07 Å². The Morgan fingerprint density at radius 3 is 2.41 bits per heavy atom. The quantitative estimate of drug-likeness (QED) is 0.112. The van der Waals surface area contributed by atoms with Gasteiger partial charge in [0.25, 0.3) is 0 Å². The van der Waals surface area contributed by atoms with Gasteiger partial charge in [-0.15, -0.1) is 5.10 Å². The normalized spacial score (nSPS) is 11.7. The van der Waals surface area contributed by atoms with E-state index < -0.39 is 23.4 Å². The van der Waals surface area contributed by atoms with Gasteiger partial charge in [0, 0.05) is 28.7 Å². The molecule has 0 unspecified atom stereocenters. The lowest BCUT2D eigenvalue weighted by Gasteiger charge is -2.15. The first-order chi connectivity index (χ1) is 19.5. The summed E-state index contributed by atoms with van der Waals surface area (Å²) < 4.78 is 58.5. The number of ether oxygens (including phenoxy) is 2. The van der Waals surface area contributed by atoms with E-state index in [2.05, 4.69) is 16.9 Å². The Kier molecular flexibility index (Phi) is 9.28. The predicted molar refractivity (Wildman–Crippen MR) is 152 cm³/mol. The standard InChI is InChI=1S/C29H19Cl3F3N3O3/c1-16-18(5-8-24(32)26(16)40-22-12-17(15-36)11-21(31)13-22)9-10-39-28(38-37-2)23-14-25(41-27(23)29(33,34)35)19-3-6-20(30)7-4-19/h3-8,11-14H,2,9-10H2,1H3/b38-28-. The maximum Gasteiger partial charge on any atom is 0.450 e. The molecule has 0 bridgehead atoms. The Morgan fingerprint density at radius 2 is 1.76 bits per heavy atom. The minimum Gasteiger partial charge on any atom is -0.476 e. The monoisotopic (exact) mass is 619 g/mol. The van der Waals surface area contributed by atoms with Crippen molar-refractivity contribution < 1.29 is 27.1 Å². The first-order valence-electron chi connectivity index (χ1n) is 11.8. The SMILES string of the molecule is C=N/N=C(\OCCc1ccc(Cl)c(Oc2cc(Cl)cc(C#N)c2)c1C)c1cc(-c2ccc(Cl)cc2)oc1C(F)(F)F. The van der Waals surface area contributed by atoms with Crippen molar-refractivity contribution in [3.8, 4) is 28.9 Å². The smallest absolute Gasteiger partial charge is 0.450 e. The first-order valence-corrected chi connectivity index (χ1v) is 12.9. The average Bonchev–Trinajstić information content (AvgIpc) is 3.38. The number of benzene rings is 3. The van der Waals surface area contributed by atoms with Crippen LogP contribution in [-0.2, 0) is 17.3 Å². The topological polar surface area (TPSA) is 80.1 Å². The lowest BCUT2D eigenvalue weighted by atomic mass is 10.0. The van der Waals surface area contributed by atoms with Gasteiger partial charge in [0.15, 0.2) is 0 Å². The van der Waals surface area contributed by atoms with E-state index in [4.69, 9.17) is 48.7 Å². The molecular weight excluding hydrogens is 602 g/mol. The van der Waals surface area contributed by atoms with Crippen LogP contribution in [0.15, 0.2) is 75.3 Å². The molecule has 41 heavy (non-hydrogen) atoms. The van der Waals surface area contributed by atoms with Crippen LogP contribution in [0.25, 0.3) is 11.3 Å². The minimum atomic E-state index is -4.84. The van der Waals surface area contributed by atoms with Crippen LogP contribution in [0.1, 0.15) is 28.0 Å². The van der Waals surface area contributed by atoms with Crippen molar-refractivity contribution in [2.75, 3.05) is 6.61 Å². The molecule has 0 atom stereocenters. The molecule has 6 nitrogen and oxygen atoms in total. The lowest BCUT2D eigenvalue weighted by Crippen LogP contribution is -2.15. The Hall–Kier alpha value is -3.97. The van der Waals surface area contributed by atoms with Crippen molar-refractivity contribution in [3.63, 3.8) is 0 Å². The van der Waals surface area contributed by atoms with Gasteiger partial charge in [0.2, 0.25) is 11.7 Å². The van der Waals surface area contributed by atoms with Crippen LogP contribution < -0.4 is 4.74 Å². The number of furan rings is 1. The van der Waals surface area contributed by atoms with Gasteiger partial charge in [-0.25, -0.2) is 0 Å². The Morgan fingerprint density at radius 1 is 1.02 bits per heavy atom. The van der Waals surface area contributed by atoms with Crippen LogP contribution in [-0.4, -0.2) is 19.2 Å². The van der Waals surface area contributed by atoms with E-state index in [1.165, 1.54) is 42.5 Å². The van der Waals surface area contributed by atoms with Crippen molar-refractivity contribution in [2.24, 2.45) is 10.2 Å². The molecule has 210 valence electrons. The zero-order valence-electron chi connectivity index (χ0n) is 21.2. The summed E-state index contributed by atoms with van der Waals surface area (Å²) in [4.78, 5) is 0. The summed E-state index contributed by atoms with van der Waals surface area (Å²) in [5.41, 5.74) is 1.65. The van der Waals surface area contributed by atoms with Gasteiger partial charge >= 0.3 is 6.18 Å². The molecule has 4 aromatic rings. The van der Waals surface area contributed by atoms with E-state index >= 15 is 0 Å². The van der Waals surface area contributed by atoms with E-state index in [-0.39, 0.29) is 18.8 Å². The van der Waals surface area contributed by atoms with Gasteiger partial charge in [-0.2, -0.15) is 23.5 Å². The number of hydrogen-bond acceptors (Lipinski definition) is 6. The third-order valence-electron chi connectivity index (χ3n) is 5.81. The number of nitrogens with zero attached hydrogens (tertiary/aromatic N) is 3. The molecule has 0 aliphatic carbocycles. The molecule has 0 amide bonds. The van der Waals surface area contributed by atoms with Crippen molar-refractivity contribution in [2.45, 2.75) is 19.5 Å². The summed E-state index contributed by atoms with van der Waals surface area (Å²) in [5, 5.41) is 17.3. The van der Waals surface area contributed by atoms with Crippen molar-refractivity contribution in [1.82, 2.24) is 0 Å². The molecule has 4 rings (SSSR count). The van der Waals surface area contributed by atoms with Gasteiger partial charge in [-0.1, -0.05) is 40.9 Å². The summed E-state index contributed by atoms with van der Waals surface area (Å²) in [6, 6.07) is 17.2. The second-order valence-corrected chi connectivity index (χ2v) is 9.83. The zero-order chi connectivity index (χ0) is 29.7. The van der Waals surface area contributed by atoms with Crippen LogP contribution in [0.3, 0.4) is 0 Å². The van der Waals surface area contributed by atoms with E-state index in [9.17, 15) is 18.4 Å². The molecule has 0 saturated carbocycles. The largest absolute Gasteiger partial charge is 0.476 e. The second-order valence-electron chi connectivity index (χ2n) is 8.55. The fourth-order valence-corrected chi connectivity index (χ4v) is 4.49. The molecule has 1 heterocycles. The third-order valence-corrected chi connectivity index (χ3v) is 6.58. The lowest BCUT2D eigenvalue weighted by molar-refractivity contribution is -0.152. The minimum absolute atomic E-state index is 0.0553. The first kappa shape index (κ1) is 30.0. The maximum absolute atomic E-state index is 13.9. The molecule has 12 heteroatoms. The second kappa shape index (κ2) is 12.7. The molecule has 0 fully saturated rings. The summed E-state index contributed by atoms with van der Waals surface area (Å²) >= 11 is 18.3.